The summed E-state index contributed by atoms with van der Waals surface area (Å²) in [7, 11) is 0. The van der Waals surface area contributed by atoms with Crippen LogP contribution in [0.3, 0.4) is 0 Å². The van der Waals surface area contributed by atoms with Gasteiger partial charge in [0.05, 0.1) is 21.9 Å². The minimum Gasteiger partial charge on any atom is -0.486 e. The molecule has 0 N–H and O–H groups in total. The van der Waals surface area contributed by atoms with Gasteiger partial charge in [-0.1, -0.05) is 24.3 Å². The Kier molecular flexibility index (Phi) is 5.49. The molecule has 4 rings (SSSR count). The Bertz CT molecular complexity index is 907. The van der Waals surface area contributed by atoms with Crippen LogP contribution in [0.4, 0.5) is 0 Å². The van der Waals surface area contributed by atoms with Gasteiger partial charge in [-0.3, -0.25) is 0 Å². The van der Waals surface area contributed by atoms with Crippen LogP contribution in [0.5, 0.6) is 5.75 Å². The first-order valence-corrected chi connectivity index (χ1v) is 11.2. The molecule has 2 aromatic carbocycles. The lowest BCUT2D eigenvalue weighted by molar-refractivity contribution is 0.305. The summed E-state index contributed by atoms with van der Waals surface area (Å²) in [5.74, 6) is 3.34. The summed E-state index contributed by atoms with van der Waals surface area (Å²) in [6, 6.07) is 18.0. The molecule has 3 aromatic rings. The predicted molar refractivity (Wildman–Crippen MR) is 111 cm³/mol. The number of aromatic nitrogens is 1. The topological polar surface area (TPSA) is 45.9 Å². The molecule has 1 aliphatic rings. The second kappa shape index (κ2) is 8.17. The number of nitriles is 1. The number of nitrogens with zero attached hydrogens (tertiary/aromatic N) is 2. The highest BCUT2D eigenvalue weighted by molar-refractivity contribution is 8.19. The normalized spacial score (nSPS) is 14.3. The minimum atomic E-state index is 0.465. The van der Waals surface area contributed by atoms with Crippen LogP contribution in [-0.4, -0.2) is 16.5 Å². The van der Waals surface area contributed by atoms with E-state index in [1.165, 1.54) is 17.1 Å². The van der Waals surface area contributed by atoms with E-state index >= 15 is 0 Å². The van der Waals surface area contributed by atoms with Crippen molar-refractivity contribution in [1.29, 1.82) is 5.26 Å². The summed E-state index contributed by atoms with van der Waals surface area (Å²) in [4.78, 5) is 4.64. The molecule has 0 atom stereocenters. The van der Waals surface area contributed by atoms with Crippen LogP contribution in [0.15, 0.2) is 53.9 Å². The number of thioether (sulfide) groups is 2. The summed E-state index contributed by atoms with van der Waals surface area (Å²) in [6.45, 7) is 0.465. The maximum absolute atomic E-state index is 8.88. The van der Waals surface area contributed by atoms with Gasteiger partial charge >= 0.3 is 0 Å². The third-order valence-corrected chi connectivity index (χ3v) is 7.92. The van der Waals surface area contributed by atoms with Crippen molar-refractivity contribution in [3.8, 4) is 23.1 Å². The molecule has 0 aliphatic carbocycles. The largest absolute Gasteiger partial charge is 0.486 e. The summed E-state index contributed by atoms with van der Waals surface area (Å²) in [6.07, 6.45) is 0. The number of rotatable bonds is 5. The summed E-state index contributed by atoms with van der Waals surface area (Å²) >= 11 is 5.61. The molecule has 6 heteroatoms. The number of hydrogen-bond acceptors (Lipinski definition) is 6. The summed E-state index contributed by atoms with van der Waals surface area (Å²) in [5.41, 5.74) is 3.96. The van der Waals surface area contributed by atoms with Crippen molar-refractivity contribution in [1.82, 2.24) is 4.98 Å². The number of hydrogen-bond donors (Lipinski definition) is 0. The molecule has 26 heavy (non-hydrogen) atoms. The average molecular weight is 397 g/mol. The molecule has 130 valence electrons. The molecule has 0 amide bonds. The van der Waals surface area contributed by atoms with E-state index in [0.717, 1.165) is 22.0 Å². The Morgan fingerprint density at radius 2 is 1.77 bits per heavy atom. The average Bonchev–Trinajstić information content (AvgIpc) is 3.39. The Morgan fingerprint density at radius 3 is 2.46 bits per heavy atom. The van der Waals surface area contributed by atoms with Crippen LogP contribution in [-0.2, 0) is 6.61 Å². The lowest BCUT2D eigenvalue weighted by Gasteiger charge is -2.09. The zero-order valence-corrected chi connectivity index (χ0v) is 16.4. The van der Waals surface area contributed by atoms with Gasteiger partial charge in [-0.2, -0.15) is 5.26 Å². The van der Waals surface area contributed by atoms with Crippen LogP contribution in [0.25, 0.3) is 11.3 Å². The van der Waals surface area contributed by atoms with E-state index in [2.05, 4.69) is 23.2 Å². The maximum Gasteiger partial charge on any atom is 0.140 e. The van der Waals surface area contributed by atoms with Gasteiger partial charge in [-0.05, 0) is 29.8 Å². The molecule has 1 saturated heterocycles. The zero-order valence-electron chi connectivity index (χ0n) is 13.9. The van der Waals surface area contributed by atoms with Gasteiger partial charge < -0.3 is 4.74 Å². The fraction of sp³-hybridized carbons (Fsp3) is 0.200. The van der Waals surface area contributed by atoms with Gasteiger partial charge in [0.1, 0.15) is 17.4 Å². The van der Waals surface area contributed by atoms with Crippen LogP contribution in [0, 0.1) is 11.3 Å². The molecule has 0 radical (unpaired) electrons. The predicted octanol–water partition coefficient (Wildman–Crippen LogP) is 5.74. The number of benzene rings is 2. The molecule has 1 fully saturated rings. The Labute approximate surface area is 165 Å². The molecule has 1 aromatic heterocycles. The minimum absolute atomic E-state index is 0.465. The third kappa shape index (κ3) is 4.07. The van der Waals surface area contributed by atoms with Crippen LogP contribution in [0.1, 0.15) is 20.7 Å². The Morgan fingerprint density at radius 1 is 1.04 bits per heavy atom. The fourth-order valence-corrected chi connectivity index (χ4v) is 6.22. The van der Waals surface area contributed by atoms with Crippen molar-refractivity contribution in [2.24, 2.45) is 0 Å². The molecule has 2 heterocycles. The quantitative estimate of drug-likeness (QED) is 0.550. The molecule has 0 unspecified atom stereocenters. The number of ether oxygens (including phenoxy) is 1. The van der Waals surface area contributed by atoms with Gasteiger partial charge in [-0.15, -0.1) is 34.9 Å². The molecular formula is C20H16N2OS3. The van der Waals surface area contributed by atoms with Crippen molar-refractivity contribution in [2.45, 2.75) is 11.2 Å². The summed E-state index contributed by atoms with van der Waals surface area (Å²) in [5, 5.41) is 11.8. The third-order valence-electron chi connectivity index (χ3n) is 4.00. The SMILES string of the molecule is N#Cc1ccc(-c2csc(COc3ccc(C4SCCS4)cc3)n2)cc1. The van der Waals surface area contributed by atoms with E-state index in [4.69, 9.17) is 10.00 Å². The van der Waals surface area contributed by atoms with Gasteiger partial charge in [0.25, 0.3) is 0 Å². The molecule has 1 aliphatic heterocycles. The second-order valence-corrected chi connectivity index (χ2v) is 9.41. The van der Waals surface area contributed by atoms with Gasteiger partial charge in [-0.25, -0.2) is 4.98 Å². The molecule has 0 bridgehead atoms. The van der Waals surface area contributed by atoms with Gasteiger partial charge in [0.15, 0.2) is 0 Å². The fourth-order valence-electron chi connectivity index (χ4n) is 2.64. The molecule has 0 saturated carbocycles. The second-order valence-electron chi connectivity index (χ2n) is 5.75. The van der Waals surface area contributed by atoms with Crippen molar-refractivity contribution in [2.75, 3.05) is 11.5 Å². The van der Waals surface area contributed by atoms with Crippen LogP contribution >= 0.6 is 34.9 Å². The highest BCUT2D eigenvalue weighted by atomic mass is 32.2. The molecule has 0 spiro atoms. The van der Waals surface area contributed by atoms with Crippen LogP contribution in [0.2, 0.25) is 0 Å². The number of thiazole rings is 1. The first kappa shape index (κ1) is 17.5. The first-order chi connectivity index (χ1) is 12.8. The molecular weight excluding hydrogens is 380 g/mol. The molecule has 3 nitrogen and oxygen atoms in total. The van der Waals surface area contributed by atoms with E-state index in [1.807, 2.05) is 65.3 Å². The Balaban J connectivity index is 1.37. The smallest absolute Gasteiger partial charge is 0.140 e. The van der Waals surface area contributed by atoms with Crippen molar-refractivity contribution < 1.29 is 4.74 Å². The Hall–Kier alpha value is -1.94. The van der Waals surface area contributed by atoms with Crippen molar-refractivity contribution >= 4 is 34.9 Å². The first-order valence-electron chi connectivity index (χ1n) is 8.23. The van der Waals surface area contributed by atoms with E-state index in [0.29, 0.717) is 16.8 Å². The maximum atomic E-state index is 8.88. The summed E-state index contributed by atoms with van der Waals surface area (Å²) < 4.78 is 6.45. The highest BCUT2D eigenvalue weighted by Gasteiger charge is 2.17. The van der Waals surface area contributed by atoms with Crippen molar-refractivity contribution in [3.63, 3.8) is 0 Å². The standard InChI is InChI=1S/C20H16N2OS3/c21-11-14-1-3-15(4-2-14)18-13-26-19(22-18)12-23-17-7-5-16(6-8-17)20-24-9-10-25-20/h1-8,13,20H,9-10,12H2. The lowest BCUT2D eigenvalue weighted by Crippen LogP contribution is -1.95. The van der Waals surface area contributed by atoms with E-state index < -0.39 is 0 Å². The van der Waals surface area contributed by atoms with E-state index in [-0.39, 0.29) is 0 Å². The van der Waals surface area contributed by atoms with E-state index in [1.54, 1.807) is 11.3 Å². The zero-order chi connectivity index (χ0) is 17.8. The van der Waals surface area contributed by atoms with Gasteiger partial charge in [0.2, 0.25) is 0 Å². The van der Waals surface area contributed by atoms with Crippen molar-refractivity contribution in [3.05, 3.63) is 70.0 Å². The highest BCUT2D eigenvalue weighted by Crippen LogP contribution is 2.45. The van der Waals surface area contributed by atoms with Gasteiger partial charge in [0, 0.05) is 22.4 Å². The van der Waals surface area contributed by atoms with E-state index in [9.17, 15) is 0 Å². The monoisotopic (exact) mass is 396 g/mol. The van der Waals surface area contributed by atoms with Crippen LogP contribution < -0.4 is 4.74 Å². The lowest BCUT2D eigenvalue weighted by atomic mass is 10.1.